The second-order valence-electron chi connectivity index (χ2n) is 5.40. The van der Waals surface area contributed by atoms with Crippen LogP contribution in [0, 0.1) is 0 Å². The van der Waals surface area contributed by atoms with E-state index in [-0.39, 0.29) is 17.0 Å². The van der Waals surface area contributed by atoms with Crippen LogP contribution in [0.1, 0.15) is 12.5 Å². The fourth-order valence-electron chi connectivity index (χ4n) is 2.55. The number of fused-ring (bicyclic) bond motifs is 3. The zero-order chi connectivity index (χ0) is 18.6. The van der Waals surface area contributed by atoms with Gasteiger partial charge in [0.05, 0.1) is 21.5 Å². The Morgan fingerprint density at radius 3 is 2.69 bits per heavy atom. The maximum absolute atomic E-state index is 13.6. The van der Waals surface area contributed by atoms with Gasteiger partial charge in [-0.15, -0.1) is 26.6 Å². The third kappa shape index (κ3) is 2.39. The predicted octanol–water partition coefficient (Wildman–Crippen LogP) is 2.18. The van der Waals surface area contributed by atoms with Gasteiger partial charge in [-0.25, -0.2) is 4.98 Å². The SMILES string of the molecule is C/C(O)=c1/nnc2c3c(C(F)(F)F)cc(-c4cccs4)nc3nn2c1=O. The van der Waals surface area contributed by atoms with Crippen molar-refractivity contribution in [1.29, 1.82) is 0 Å². The van der Waals surface area contributed by atoms with Crippen LogP contribution in [0.3, 0.4) is 0 Å². The van der Waals surface area contributed by atoms with Gasteiger partial charge < -0.3 is 5.11 Å². The van der Waals surface area contributed by atoms with Gasteiger partial charge in [-0.2, -0.15) is 17.7 Å². The van der Waals surface area contributed by atoms with Crippen molar-refractivity contribution in [3.8, 4) is 10.6 Å². The second kappa shape index (κ2) is 5.46. The molecule has 26 heavy (non-hydrogen) atoms. The van der Waals surface area contributed by atoms with Crippen molar-refractivity contribution in [2.75, 3.05) is 0 Å². The summed E-state index contributed by atoms with van der Waals surface area (Å²) in [7, 11) is 0. The highest BCUT2D eigenvalue weighted by molar-refractivity contribution is 7.13. The van der Waals surface area contributed by atoms with Crippen LogP contribution in [-0.4, -0.2) is 29.9 Å². The van der Waals surface area contributed by atoms with E-state index in [1.165, 1.54) is 18.3 Å². The standard InChI is InChI=1S/C15H8F3N5O2S/c1-6(24)11-14(25)23-13(21-20-11)10-7(15(16,17)18)5-8(19-12(10)22-23)9-3-2-4-26-9/h2-5,24H,1H3/b11-6-. The zero-order valence-electron chi connectivity index (χ0n) is 12.9. The van der Waals surface area contributed by atoms with Crippen LogP contribution in [0.2, 0.25) is 0 Å². The lowest BCUT2D eigenvalue weighted by Crippen LogP contribution is -2.36. The Labute approximate surface area is 146 Å². The molecule has 4 aromatic heterocycles. The molecule has 0 aromatic carbocycles. The first-order valence-electron chi connectivity index (χ1n) is 7.18. The van der Waals surface area contributed by atoms with Crippen LogP contribution < -0.4 is 10.9 Å². The van der Waals surface area contributed by atoms with E-state index in [0.29, 0.717) is 9.39 Å². The highest BCUT2D eigenvalue weighted by atomic mass is 32.1. The summed E-state index contributed by atoms with van der Waals surface area (Å²) in [5.41, 5.74) is -2.44. The number of hydrogen-bond donors (Lipinski definition) is 1. The molecule has 0 aliphatic heterocycles. The molecule has 4 aromatic rings. The van der Waals surface area contributed by atoms with Gasteiger partial charge in [0.15, 0.2) is 16.6 Å². The average molecular weight is 379 g/mol. The Bertz CT molecular complexity index is 1260. The van der Waals surface area contributed by atoms with Crippen molar-refractivity contribution in [3.63, 3.8) is 0 Å². The summed E-state index contributed by atoms with van der Waals surface area (Å²) in [5, 5.41) is 21.4. The predicted molar refractivity (Wildman–Crippen MR) is 87.6 cm³/mol. The molecule has 1 N–H and O–H groups in total. The van der Waals surface area contributed by atoms with E-state index in [1.807, 2.05) is 0 Å². The molecule has 0 aliphatic carbocycles. The van der Waals surface area contributed by atoms with Gasteiger partial charge in [0.25, 0.3) is 0 Å². The van der Waals surface area contributed by atoms with E-state index < -0.39 is 33.8 Å². The van der Waals surface area contributed by atoms with E-state index in [2.05, 4.69) is 20.3 Å². The molecule has 0 amide bonds. The third-order valence-electron chi connectivity index (χ3n) is 3.68. The first-order chi connectivity index (χ1) is 12.3. The van der Waals surface area contributed by atoms with Crippen LogP contribution in [0.4, 0.5) is 13.2 Å². The van der Waals surface area contributed by atoms with Crippen molar-refractivity contribution in [2.45, 2.75) is 13.1 Å². The fourth-order valence-corrected chi connectivity index (χ4v) is 3.23. The molecule has 11 heteroatoms. The molecule has 0 spiro atoms. The monoisotopic (exact) mass is 379 g/mol. The Kier molecular flexibility index (Phi) is 3.44. The summed E-state index contributed by atoms with van der Waals surface area (Å²) in [4.78, 5) is 17.0. The lowest BCUT2D eigenvalue weighted by Gasteiger charge is -2.09. The van der Waals surface area contributed by atoms with Gasteiger partial charge in [-0.1, -0.05) is 6.07 Å². The molecule has 0 unspecified atom stereocenters. The quantitative estimate of drug-likeness (QED) is 0.545. The van der Waals surface area contributed by atoms with E-state index >= 15 is 0 Å². The Morgan fingerprint density at radius 2 is 2.08 bits per heavy atom. The van der Waals surface area contributed by atoms with Crippen molar-refractivity contribution in [1.82, 2.24) is 24.8 Å². The highest BCUT2D eigenvalue weighted by Crippen LogP contribution is 2.38. The normalized spacial score (nSPS) is 13.5. The maximum Gasteiger partial charge on any atom is 0.417 e. The number of halogens is 3. The topological polar surface area (TPSA) is 93.3 Å². The molecule has 4 heterocycles. The molecule has 0 aliphatic rings. The molecular formula is C15H8F3N5O2S. The van der Waals surface area contributed by atoms with Crippen molar-refractivity contribution in [2.24, 2.45) is 0 Å². The minimum absolute atomic E-state index is 0.0914. The molecule has 0 saturated carbocycles. The number of aromatic nitrogens is 5. The van der Waals surface area contributed by atoms with Crippen molar-refractivity contribution >= 4 is 33.8 Å². The summed E-state index contributed by atoms with van der Waals surface area (Å²) in [6.45, 7) is 1.22. The van der Waals surface area contributed by atoms with Crippen molar-refractivity contribution in [3.05, 3.63) is 44.8 Å². The summed E-state index contributed by atoms with van der Waals surface area (Å²) in [6, 6.07) is 4.23. The zero-order valence-corrected chi connectivity index (χ0v) is 13.8. The average Bonchev–Trinajstić information content (AvgIpc) is 3.20. The van der Waals surface area contributed by atoms with E-state index in [0.717, 1.165) is 6.07 Å². The van der Waals surface area contributed by atoms with Gasteiger partial charge >= 0.3 is 11.7 Å². The maximum atomic E-state index is 13.6. The molecule has 132 valence electrons. The number of hydrogen-bond acceptors (Lipinski definition) is 7. The fraction of sp³-hybridized carbons (Fsp3) is 0.133. The van der Waals surface area contributed by atoms with E-state index in [9.17, 15) is 23.1 Å². The number of aliphatic hydroxyl groups is 1. The lowest BCUT2D eigenvalue weighted by molar-refractivity contribution is -0.136. The van der Waals surface area contributed by atoms with Gasteiger partial charge in [0, 0.05) is 0 Å². The Hall–Kier alpha value is -3.08. The van der Waals surface area contributed by atoms with E-state index in [1.54, 1.807) is 17.5 Å². The van der Waals surface area contributed by atoms with E-state index in [4.69, 9.17) is 0 Å². The Balaban J connectivity index is 2.19. The van der Waals surface area contributed by atoms with Crippen LogP contribution >= 0.6 is 11.3 Å². The molecule has 7 nitrogen and oxygen atoms in total. The summed E-state index contributed by atoms with van der Waals surface area (Å²) < 4.78 is 41.5. The first-order valence-corrected chi connectivity index (χ1v) is 8.06. The number of pyridine rings is 1. The molecule has 0 radical (unpaired) electrons. The van der Waals surface area contributed by atoms with Gasteiger partial charge in [0.2, 0.25) is 0 Å². The smallest absolute Gasteiger partial charge is 0.417 e. The van der Waals surface area contributed by atoms with Crippen LogP contribution in [0.25, 0.3) is 33.0 Å². The van der Waals surface area contributed by atoms with Gasteiger partial charge in [-0.05, 0) is 24.4 Å². The molecular weight excluding hydrogens is 371 g/mol. The number of thiophene rings is 1. The molecule has 4 rings (SSSR count). The molecule has 0 fully saturated rings. The summed E-state index contributed by atoms with van der Waals surface area (Å²) in [6.07, 6.45) is -4.71. The third-order valence-corrected chi connectivity index (χ3v) is 4.57. The summed E-state index contributed by atoms with van der Waals surface area (Å²) >= 11 is 1.23. The summed E-state index contributed by atoms with van der Waals surface area (Å²) in [5.74, 6) is -0.410. The number of rotatable bonds is 1. The largest absolute Gasteiger partial charge is 0.510 e. The first kappa shape index (κ1) is 16.4. The van der Waals surface area contributed by atoms with Crippen molar-refractivity contribution < 1.29 is 18.3 Å². The highest BCUT2D eigenvalue weighted by Gasteiger charge is 2.36. The van der Waals surface area contributed by atoms with Gasteiger partial charge in [0.1, 0.15) is 5.76 Å². The second-order valence-corrected chi connectivity index (χ2v) is 6.35. The molecule has 0 bridgehead atoms. The lowest BCUT2D eigenvalue weighted by atomic mass is 10.1. The Morgan fingerprint density at radius 1 is 1.31 bits per heavy atom. The number of alkyl halides is 3. The molecule has 0 saturated heterocycles. The minimum atomic E-state index is -4.71. The molecule has 0 atom stereocenters. The minimum Gasteiger partial charge on any atom is -0.510 e. The number of aliphatic hydroxyl groups excluding tert-OH is 1. The van der Waals surface area contributed by atoms with Crippen LogP contribution in [-0.2, 0) is 6.18 Å². The van der Waals surface area contributed by atoms with Crippen LogP contribution in [0.15, 0.2) is 28.4 Å². The van der Waals surface area contributed by atoms with Gasteiger partial charge in [-0.3, -0.25) is 4.79 Å². The number of nitrogens with zero attached hydrogens (tertiary/aromatic N) is 5. The van der Waals surface area contributed by atoms with Crippen LogP contribution in [0.5, 0.6) is 0 Å².